The summed E-state index contributed by atoms with van der Waals surface area (Å²) in [6, 6.07) is 0. The van der Waals surface area contributed by atoms with E-state index in [9.17, 15) is 0 Å². The van der Waals surface area contributed by atoms with Gasteiger partial charge in [-0.2, -0.15) is 0 Å². The number of halogens is 1. The molecule has 1 aliphatic heterocycles. The Morgan fingerprint density at radius 1 is 1.33 bits per heavy atom. The molecule has 3 heteroatoms. The van der Waals surface area contributed by atoms with Gasteiger partial charge in [0.05, 0.1) is 0 Å². The molecule has 1 unspecified atom stereocenters. The molecule has 2 nitrogen and oxygen atoms in total. The van der Waals surface area contributed by atoms with E-state index in [0.29, 0.717) is 12.5 Å². The van der Waals surface area contributed by atoms with Gasteiger partial charge in [0.15, 0.2) is 0 Å². The molecule has 1 saturated heterocycles. The van der Waals surface area contributed by atoms with Crippen molar-refractivity contribution < 1.29 is 5.11 Å². The summed E-state index contributed by atoms with van der Waals surface area (Å²) in [5.41, 5.74) is 0. The third-order valence-corrected chi connectivity index (χ3v) is 3.08. The van der Waals surface area contributed by atoms with Crippen LogP contribution in [0.15, 0.2) is 0 Å². The van der Waals surface area contributed by atoms with Gasteiger partial charge in [0.2, 0.25) is 0 Å². The van der Waals surface area contributed by atoms with Crippen LogP contribution < -0.4 is 0 Å². The fraction of sp³-hybridized carbons (Fsp3) is 1.00. The van der Waals surface area contributed by atoms with E-state index < -0.39 is 0 Å². The number of hydrogen-bond donors (Lipinski definition) is 1. The lowest BCUT2D eigenvalue weighted by Crippen LogP contribution is -2.26. The number of rotatable bonds is 3. The Hall–Kier alpha value is 0.650. The number of hydrogen-bond acceptors (Lipinski definition) is 2. The van der Waals surface area contributed by atoms with Gasteiger partial charge in [-0.1, -0.05) is 22.6 Å². The number of aliphatic hydroxyl groups is 1. The predicted molar refractivity (Wildman–Crippen MR) is 59.8 cm³/mol. The van der Waals surface area contributed by atoms with Crippen LogP contribution in [-0.4, -0.2) is 40.7 Å². The average molecular weight is 283 g/mol. The van der Waals surface area contributed by atoms with E-state index in [1.807, 2.05) is 0 Å². The smallest absolute Gasteiger partial charge is 0.0459 e. The summed E-state index contributed by atoms with van der Waals surface area (Å²) in [4.78, 5) is 2.52. The molecule has 0 aromatic carbocycles. The van der Waals surface area contributed by atoms with Crippen molar-refractivity contribution in [3.8, 4) is 0 Å². The topological polar surface area (TPSA) is 23.5 Å². The van der Waals surface area contributed by atoms with E-state index >= 15 is 0 Å². The van der Waals surface area contributed by atoms with Crippen LogP contribution in [-0.2, 0) is 0 Å². The summed E-state index contributed by atoms with van der Waals surface area (Å²) in [5.74, 6) is 0.573. The van der Waals surface area contributed by atoms with Gasteiger partial charge in [0, 0.05) is 17.6 Å². The first-order chi connectivity index (χ1) is 5.86. The molecule has 0 spiro atoms. The summed E-state index contributed by atoms with van der Waals surface area (Å²) < 4.78 is 1.22. The zero-order valence-electron chi connectivity index (χ0n) is 7.51. The Bertz CT molecular complexity index is 121. The van der Waals surface area contributed by atoms with Gasteiger partial charge >= 0.3 is 0 Å². The van der Waals surface area contributed by atoms with E-state index in [4.69, 9.17) is 5.11 Å². The van der Waals surface area contributed by atoms with Crippen LogP contribution in [0.5, 0.6) is 0 Å². The molecule has 1 aliphatic rings. The van der Waals surface area contributed by atoms with E-state index in [-0.39, 0.29) is 0 Å². The maximum Gasteiger partial charge on any atom is 0.0459 e. The molecule has 1 atom stereocenters. The van der Waals surface area contributed by atoms with E-state index in [2.05, 4.69) is 27.5 Å². The molecule has 0 amide bonds. The lowest BCUT2D eigenvalue weighted by Gasteiger charge is -2.18. The van der Waals surface area contributed by atoms with Crippen molar-refractivity contribution in [2.75, 3.05) is 30.7 Å². The van der Waals surface area contributed by atoms with Crippen LogP contribution in [0.4, 0.5) is 0 Å². The molecule has 0 saturated carbocycles. The molecule has 0 radical (unpaired) electrons. The van der Waals surface area contributed by atoms with Crippen LogP contribution in [0.3, 0.4) is 0 Å². The summed E-state index contributed by atoms with van der Waals surface area (Å²) in [7, 11) is 0. The Labute approximate surface area is 88.5 Å². The molecule has 12 heavy (non-hydrogen) atoms. The number of likely N-dealkylation sites (tertiary alicyclic amines) is 1. The molecule has 0 aromatic rings. The molecule has 0 bridgehead atoms. The molecule has 72 valence electrons. The van der Waals surface area contributed by atoms with Crippen molar-refractivity contribution in [2.45, 2.75) is 19.3 Å². The van der Waals surface area contributed by atoms with Crippen LogP contribution in [0.1, 0.15) is 19.3 Å². The van der Waals surface area contributed by atoms with Crippen LogP contribution in [0.25, 0.3) is 0 Å². The highest BCUT2D eigenvalue weighted by Crippen LogP contribution is 2.16. The highest BCUT2D eigenvalue weighted by atomic mass is 127. The van der Waals surface area contributed by atoms with Crippen molar-refractivity contribution in [1.82, 2.24) is 4.90 Å². The van der Waals surface area contributed by atoms with Gasteiger partial charge in [0.1, 0.15) is 0 Å². The molecular weight excluding hydrogens is 265 g/mol. The Morgan fingerprint density at radius 3 is 2.83 bits per heavy atom. The fourth-order valence-corrected chi connectivity index (χ4v) is 2.43. The molecule has 1 heterocycles. The standard InChI is InChI=1S/C9H18INO/c10-4-7-11-5-1-2-9(8-12)3-6-11/h9,12H,1-8H2. The number of alkyl halides is 1. The van der Waals surface area contributed by atoms with Crippen molar-refractivity contribution >= 4 is 22.6 Å². The molecular formula is C9H18INO. The maximum atomic E-state index is 9.01. The van der Waals surface area contributed by atoms with Gasteiger partial charge in [-0.15, -0.1) is 0 Å². The minimum absolute atomic E-state index is 0.387. The lowest BCUT2D eigenvalue weighted by molar-refractivity contribution is 0.210. The summed E-state index contributed by atoms with van der Waals surface area (Å²) in [6.07, 6.45) is 3.67. The Kier molecular flexibility index (Phi) is 5.50. The molecule has 0 aromatic heterocycles. The van der Waals surface area contributed by atoms with Crippen molar-refractivity contribution in [3.05, 3.63) is 0 Å². The fourth-order valence-electron chi connectivity index (χ4n) is 1.75. The molecule has 1 N–H and O–H groups in total. The summed E-state index contributed by atoms with van der Waals surface area (Å²) in [5, 5.41) is 9.01. The number of aliphatic hydroxyl groups excluding tert-OH is 1. The highest BCUT2D eigenvalue weighted by molar-refractivity contribution is 14.1. The summed E-state index contributed by atoms with van der Waals surface area (Å²) >= 11 is 2.43. The second kappa shape index (κ2) is 6.16. The monoisotopic (exact) mass is 283 g/mol. The van der Waals surface area contributed by atoms with Crippen LogP contribution in [0.2, 0.25) is 0 Å². The predicted octanol–water partition coefficient (Wildman–Crippen LogP) is 1.52. The van der Waals surface area contributed by atoms with Crippen LogP contribution in [0, 0.1) is 5.92 Å². The number of nitrogens with zero attached hydrogens (tertiary/aromatic N) is 1. The van der Waals surface area contributed by atoms with Crippen molar-refractivity contribution in [3.63, 3.8) is 0 Å². The average Bonchev–Trinajstić information content (AvgIpc) is 2.31. The van der Waals surface area contributed by atoms with E-state index in [1.54, 1.807) is 0 Å². The second-order valence-corrected chi connectivity index (χ2v) is 4.59. The van der Waals surface area contributed by atoms with Crippen LogP contribution >= 0.6 is 22.6 Å². The van der Waals surface area contributed by atoms with Gasteiger partial charge in [-0.3, -0.25) is 0 Å². The third-order valence-electron chi connectivity index (χ3n) is 2.60. The zero-order chi connectivity index (χ0) is 8.81. The minimum atomic E-state index is 0.387. The van der Waals surface area contributed by atoms with Gasteiger partial charge < -0.3 is 10.0 Å². The van der Waals surface area contributed by atoms with Gasteiger partial charge in [-0.25, -0.2) is 0 Å². The van der Waals surface area contributed by atoms with Crippen molar-refractivity contribution in [1.29, 1.82) is 0 Å². The first-order valence-electron chi connectivity index (χ1n) is 4.76. The SMILES string of the molecule is OCC1CCCN(CCI)CC1. The summed E-state index contributed by atoms with van der Waals surface area (Å²) in [6.45, 7) is 4.03. The van der Waals surface area contributed by atoms with Gasteiger partial charge in [-0.05, 0) is 38.3 Å². The normalized spacial score (nSPS) is 27.0. The second-order valence-electron chi connectivity index (χ2n) is 3.51. The Morgan fingerprint density at radius 2 is 2.17 bits per heavy atom. The van der Waals surface area contributed by atoms with E-state index in [1.165, 1.54) is 43.3 Å². The zero-order valence-corrected chi connectivity index (χ0v) is 9.66. The van der Waals surface area contributed by atoms with Crippen molar-refractivity contribution in [2.24, 2.45) is 5.92 Å². The molecule has 0 aliphatic carbocycles. The molecule has 1 fully saturated rings. The largest absolute Gasteiger partial charge is 0.396 e. The minimum Gasteiger partial charge on any atom is -0.396 e. The van der Waals surface area contributed by atoms with Gasteiger partial charge in [0.25, 0.3) is 0 Å². The first-order valence-corrected chi connectivity index (χ1v) is 6.28. The highest BCUT2D eigenvalue weighted by Gasteiger charge is 2.15. The molecule has 1 rings (SSSR count). The van der Waals surface area contributed by atoms with E-state index in [0.717, 1.165) is 0 Å². The lowest BCUT2D eigenvalue weighted by atomic mass is 10.0. The Balaban J connectivity index is 2.24. The maximum absolute atomic E-state index is 9.01. The third kappa shape index (κ3) is 3.58. The first kappa shape index (κ1) is 10.7. The quantitative estimate of drug-likeness (QED) is 0.627.